The lowest BCUT2D eigenvalue weighted by Crippen LogP contribution is -2.28. The van der Waals surface area contributed by atoms with Gasteiger partial charge in [0.25, 0.3) is 0 Å². The molecule has 0 aliphatic carbocycles. The summed E-state index contributed by atoms with van der Waals surface area (Å²) in [6.07, 6.45) is 0. The van der Waals surface area contributed by atoms with Gasteiger partial charge in [0.15, 0.2) is 0 Å². The van der Waals surface area contributed by atoms with E-state index in [0.29, 0.717) is 12.3 Å². The van der Waals surface area contributed by atoms with Crippen molar-refractivity contribution in [3.8, 4) is 5.75 Å². The molecular weight excluding hydrogens is 192 g/mol. The topological polar surface area (TPSA) is 75.3 Å². The van der Waals surface area contributed by atoms with Gasteiger partial charge >= 0.3 is 0 Å². The van der Waals surface area contributed by atoms with Crippen molar-refractivity contribution in [2.45, 2.75) is 20.4 Å². The molecule has 0 saturated heterocycles. The first-order chi connectivity index (χ1) is 7.00. The summed E-state index contributed by atoms with van der Waals surface area (Å²) in [5, 5.41) is 12.5. The molecule has 82 valence electrons. The Balaban J connectivity index is 2.66. The zero-order valence-electron chi connectivity index (χ0n) is 9.00. The Bertz CT molecular complexity index is 352. The minimum atomic E-state index is -0.373. The molecule has 0 heterocycles. The molecule has 0 radical (unpaired) electrons. The largest absolute Gasteiger partial charge is 0.507 e. The van der Waals surface area contributed by atoms with E-state index < -0.39 is 0 Å². The number of phenols is 1. The third kappa shape index (κ3) is 3.25. The number of hydrogen-bond donors (Lipinski definition) is 3. The summed E-state index contributed by atoms with van der Waals surface area (Å²) >= 11 is 0. The second-order valence-corrected chi connectivity index (χ2v) is 3.65. The van der Waals surface area contributed by atoms with Crippen molar-refractivity contribution in [3.63, 3.8) is 0 Å². The van der Waals surface area contributed by atoms with Gasteiger partial charge in [0.05, 0.1) is 6.54 Å². The predicted octanol–water partition coefficient (Wildman–Crippen LogP) is 0.584. The van der Waals surface area contributed by atoms with Crippen LogP contribution in [0, 0.1) is 13.8 Å². The van der Waals surface area contributed by atoms with Crippen LogP contribution in [-0.4, -0.2) is 17.6 Å². The van der Waals surface area contributed by atoms with Gasteiger partial charge in [0.1, 0.15) is 5.75 Å². The first kappa shape index (κ1) is 11.5. The summed E-state index contributed by atoms with van der Waals surface area (Å²) < 4.78 is 0. The van der Waals surface area contributed by atoms with Gasteiger partial charge in [-0.25, -0.2) is 0 Å². The van der Waals surface area contributed by atoms with E-state index in [4.69, 9.17) is 5.73 Å². The number of rotatable bonds is 4. The molecule has 0 fully saturated rings. The van der Waals surface area contributed by atoms with Crippen LogP contribution >= 0.6 is 0 Å². The normalized spacial score (nSPS) is 10.3. The Hall–Kier alpha value is -1.55. The van der Waals surface area contributed by atoms with E-state index in [1.165, 1.54) is 0 Å². The molecule has 0 spiro atoms. The van der Waals surface area contributed by atoms with Crippen molar-refractivity contribution in [2.24, 2.45) is 5.73 Å². The smallest absolute Gasteiger partial charge is 0.231 e. The maximum Gasteiger partial charge on any atom is 0.231 e. The molecule has 15 heavy (non-hydrogen) atoms. The summed E-state index contributed by atoms with van der Waals surface area (Å²) in [4.78, 5) is 10.5. The maximum absolute atomic E-state index is 10.5. The fourth-order valence-electron chi connectivity index (χ4n) is 1.48. The SMILES string of the molecule is Cc1cc(CNCC(N)=O)cc(C)c1O. The van der Waals surface area contributed by atoms with E-state index in [0.717, 1.165) is 16.7 Å². The van der Waals surface area contributed by atoms with Crippen LogP contribution in [0.4, 0.5) is 0 Å². The number of aromatic hydroxyl groups is 1. The number of hydrogen-bond acceptors (Lipinski definition) is 3. The molecule has 0 aromatic heterocycles. The van der Waals surface area contributed by atoms with Crippen molar-refractivity contribution < 1.29 is 9.90 Å². The molecule has 0 saturated carbocycles. The molecule has 0 unspecified atom stereocenters. The second kappa shape index (κ2) is 4.79. The lowest BCUT2D eigenvalue weighted by molar-refractivity contribution is -0.117. The molecule has 1 amide bonds. The van der Waals surface area contributed by atoms with Crippen molar-refractivity contribution in [1.29, 1.82) is 0 Å². The molecule has 0 bridgehead atoms. The van der Waals surface area contributed by atoms with Gasteiger partial charge in [-0.2, -0.15) is 0 Å². The molecule has 4 N–H and O–H groups in total. The molecule has 1 aromatic carbocycles. The monoisotopic (exact) mass is 208 g/mol. The number of carbonyl (C=O) groups excluding carboxylic acids is 1. The Morgan fingerprint density at radius 3 is 2.40 bits per heavy atom. The predicted molar refractivity (Wildman–Crippen MR) is 58.5 cm³/mol. The van der Waals surface area contributed by atoms with E-state index in [9.17, 15) is 9.90 Å². The number of carbonyl (C=O) groups is 1. The van der Waals surface area contributed by atoms with Crippen LogP contribution < -0.4 is 11.1 Å². The molecule has 0 atom stereocenters. The van der Waals surface area contributed by atoms with Gasteiger partial charge in [0.2, 0.25) is 5.91 Å². The van der Waals surface area contributed by atoms with E-state index >= 15 is 0 Å². The highest BCUT2D eigenvalue weighted by Crippen LogP contribution is 2.22. The van der Waals surface area contributed by atoms with Crippen LogP contribution in [0.25, 0.3) is 0 Å². The number of amides is 1. The minimum absolute atomic E-state index is 0.166. The minimum Gasteiger partial charge on any atom is -0.507 e. The Morgan fingerprint density at radius 1 is 1.40 bits per heavy atom. The van der Waals surface area contributed by atoms with Gasteiger partial charge in [0, 0.05) is 6.54 Å². The molecule has 0 aliphatic rings. The number of aryl methyl sites for hydroxylation is 2. The Morgan fingerprint density at radius 2 is 1.93 bits per heavy atom. The quantitative estimate of drug-likeness (QED) is 0.677. The highest BCUT2D eigenvalue weighted by molar-refractivity contribution is 5.75. The summed E-state index contributed by atoms with van der Waals surface area (Å²) in [7, 11) is 0. The fourth-order valence-corrected chi connectivity index (χ4v) is 1.48. The molecule has 1 rings (SSSR count). The van der Waals surface area contributed by atoms with Gasteiger partial charge in [-0.1, -0.05) is 12.1 Å². The van der Waals surface area contributed by atoms with Crippen LogP contribution in [-0.2, 0) is 11.3 Å². The van der Waals surface area contributed by atoms with E-state index in [1.807, 2.05) is 26.0 Å². The maximum atomic E-state index is 10.5. The average Bonchev–Trinajstić information content (AvgIpc) is 2.13. The van der Waals surface area contributed by atoms with Crippen LogP contribution in [0.3, 0.4) is 0 Å². The van der Waals surface area contributed by atoms with Gasteiger partial charge in [-0.05, 0) is 30.5 Å². The first-order valence-corrected chi connectivity index (χ1v) is 4.79. The lowest BCUT2D eigenvalue weighted by Gasteiger charge is -2.08. The van der Waals surface area contributed by atoms with Crippen LogP contribution in [0.2, 0.25) is 0 Å². The highest BCUT2D eigenvalue weighted by Gasteiger charge is 2.03. The number of phenolic OH excluding ortho intramolecular Hbond substituents is 1. The Kier molecular flexibility index (Phi) is 3.68. The summed E-state index contributed by atoms with van der Waals surface area (Å²) in [6, 6.07) is 3.77. The highest BCUT2D eigenvalue weighted by atomic mass is 16.3. The third-order valence-corrected chi connectivity index (χ3v) is 2.18. The van der Waals surface area contributed by atoms with E-state index in [-0.39, 0.29) is 12.5 Å². The van der Waals surface area contributed by atoms with Gasteiger partial charge < -0.3 is 16.2 Å². The number of primary amides is 1. The summed E-state index contributed by atoms with van der Waals surface area (Å²) in [6.45, 7) is 4.43. The molecular formula is C11H16N2O2. The molecule has 4 nitrogen and oxygen atoms in total. The van der Waals surface area contributed by atoms with Crippen LogP contribution in [0.1, 0.15) is 16.7 Å². The molecule has 1 aromatic rings. The fraction of sp³-hybridized carbons (Fsp3) is 0.364. The average molecular weight is 208 g/mol. The molecule has 0 aliphatic heterocycles. The van der Waals surface area contributed by atoms with E-state index in [1.54, 1.807) is 0 Å². The zero-order valence-corrected chi connectivity index (χ0v) is 9.00. The van der Waals surface area contributed by atoms with Crippen molar-refractivity contribution in [2.75, 3.05) is 6.54 Å². The number of nitrogens with two attached hydrogens (primary N) is 1. The van der Waals surface area contributed by atoms with E-state index in [2.05, 4.69) is 5.32 Å². The Labute approximate surface area is 89.1 Å². The molecule has 4 heteroatoms. The van der Waals surface area contributed by atoms with Crippen LogP contribution in [0.15, 0.2) is 12.1 Å². The zero-order chi connectivity index (χ0) is 11.4. The van der Waals surface area contributed by atoms with Gasteiger partial charge in [-0.3, -0.25) is 4.79 Å². The summed E-state index contributed by atoms with van der Waals surface area (Å²) in [5.74, 6) is -0.0455. The van der Waals surface area contributed by atoms with Crippen molar-refractivity contribution >= 4 is 5.91 Å². The van der Waals surface area contributed by atoms with Crippen molar-refractivity contribution in [1.82, 2.24) is 5.32 Å². The van der Waals surface area contributed by atoms with Gasteiger partial charge in [-0.15, -0.1) is 0 Å². The summed E-state index contributed by atoms with van der Waals surface area (Å²) in [5.41, 5.74) is 7.71. The third-order valence-electron chi connectivity index (χ3n) is 2.18. The standard InChI is InChI=1S/C11H16N2O2/c1-7-3-9(4-8(2)11(7)15)5-13-6-10(12)14/h3-4,13,15H,5-6H2,1-2H3,(H2,12,14). The van der Waals surface area contributed by atoms with Crippen LogP contribution in [0.5, 0.6) is 5.75 Å². The van der Waals surface area contributed by atoms with Crippen molar-refractivity contribution in [3.05, 3.63) is 28.8 Å². The second-order valence-electron chi connectivity index (χ2n) is 3.65. The lowest BCUT2D eigenvalue weighted by atomic mass is 10.1. The first-order valence-electron chi connectivity index (χ1n) is 4.79. The number of nitrogens with one attached hydrogen (secondary N) is 1. The number of benzene rings is 1.